The zero-order chi connectivity index (χ0) is 14.7. The first-order valence-corrected chi connectivity index (χ1v) is 7.66. The average molecular weight is 351 g/mol. The topological polar surface area (TPSA) is 69.9 Å². The lowest BCUT2D eigenvalue weighted by molar-refractivity contribution is -0.126. The van der Waals surface area contributed by atoms with E-state index in [1.54, 1.807) is 0 Å². The molecule has 6 nitrogen and oxygen atoms in total. The van der Waals surface area contributed by atoms with Crippen LogP contribution in [0.15, 0.2) is 28.7 Å². The normalized spacial score (nSPS) is 16.0. The van der Waals surface area contributed by atoms with E-state index in [4.69, 9.17) is 4.74 Å². The molecule has 1 saturated heterocycles. The maximum absolute atomic E-state index is 12.2. The van der Waals surface area contributed by atoms with Crippen LogP contribution in [0.3, 0.4) is 0 Å². The van der Waals surface area contributed by atoms with E-state index < -0.39 is 0 Å². The van der Waals surface area contributed by atoms with Gasteiger partial charge >= 0.3 is 0 Å². The number of rotatable bonds is 4. The second-order valence-electron chi connectivity index (χ2n) is 5.00. The molecular weight excluding hydrogens is 336 g/mol. The molecule has 0 saturated carbocycles. The van der Waals surface area contributed by atoms with Crippen LogP contribution in [-0.4, -0.2) is 39.2 Å². The molecule has 2 aromatic rings. The third-order valence-corrected chi connectivity index (χ3v) is 4.06. The van der Waals surface area contributed by atoms with Gasteiger partial charge in [-0.2, -0.15) is 4.80 Å². The highest BCUT2D eigenvalue weighted by atomic mass is 79.9. The Hall–Kier alpha value is -1.60. The van der Waals surface area contributed by atoms with Gasteiger partial charge in [0.1, 0.15) is 6.54 Å². The number of Topliss-reactive ketones (excluding diaryl/α,β-unsaturated/α-hetero) is 1. The Kier molecular flexibility index (Phi) is 4.40. The molecule has 1 aromatic carbocycles. The van der Waals surface area contributed by atoms with Gasteiger partial charge in [0.25, 0.3) is 0 Å². The van der Waals surface area contributed by atoms with Crippen molar-refractivity contribution in [3.8, 4) is 11.4 Å². The molecule has 1 aliphatic rings. The van der Waals surface area contributed by atoms with Crippen LogP contribution in [0.5, 0.6) is 0 Å². The summed E-state index contributed by atoms with van der Waals surface area (Å²) in [5.74, 6) is 0.737. The first-order chi connectivity index (χ1) is 10.2. The molecule has 110 valence electrons. The molecule has 0 radical (unpaired) electrons. The van der Waals surface area contributed by atoms with Crippen molar-refractivity contribution in [1.82, 2.24) is 20.2 Å². The molecule has 21 heavy (non-hydrogen) atoms. The SMILES string of the molecule is O=C(Cn1nnc(-c2ccc(Br)cc2)n1)C1CCOCC1. The maximum Gasteiger partial charge on any atom is 0.204 e. The van der Waals surface area contributed by atoms with Gasteiger partial charge in [-0.1, -0.05) is 15.9 Å². The molecule has 0 unspecified atom stereocenters. The van der Waals surface area contributed by atoms with Crippen LogP contribution in [0, 0.1) is 5.92 Å². The molecule has 3 rings (SSSR count). The summed E-state index contributed by atoms with van der Waals surface area (Å²) in [5.41, 5.74) is 0.878. The van der Waals surface area contributed by atoms with Gasteiger partial charge in [0.2, 0.25) is 5.82 Å². The summed E-state index contributed by atoms with van der Waals surface area (Å²) < 4.78 is 6.26. The summed E-state index contributed by atoms with van der Waals surface area (Å²) in [6.45, 7) is 1.49. The van der Waals surface area contributed by atoms with Gasteiger partial charge in [-0.25, -0.2) is 0 Å². The van der Waals surface area contributed by atoms with Gasteiger partial charge < -0.3 is 4.74 Å². The second-order valence-corrected chi connectivity index (χ2v) is 5.92. The molecule has 0 aliphatic carbocycles. The van der Waals surface area contributed by atoms with Crippen LogP contribution in [0.1, 0.15) is 12.8 Å². The number of ether oxygens (including phenoxy) is 1. The number of hydrogen-bond acceptors (Lipinski definition) is 5. The summed E-state index contributed by atoms with van der Waals surface area (Å²) in [6.07, 6.45) is 1.57. The van der Waals surface area contributed by atoms with Crippen molar-refractivity contribution >= 4 is 21.7 Å². The Labute approximate surface area is 130 Å². The van der Waals surface area contributed by atoms with Gasteiger partial charge in [0, 0.05) is 29.2 Å². The number of aromatic nitrogens is 4. The van der Waals surface area contributed by atoms with Gasteiger partial charge in [-0.05, 0) is 42.3 Å². The number of benzene rings is 1. The first-order valence-electron chi connectivity index (χ1n) is 6.86. The monoisotopic (exact) mass is 350 g/mol. The minimum atomic E-state index is 0.0564. The van der Waals surface area contributed by atoms with Crippen molar-refractivity contribution in [2.75, 3.05) is 13.2 Å². The van der Waals surface area contributed by atoms with Gasteiger partial charge in [-0.15, -0.1) is 10.2 Å². The Morgan fingerprint density at radius 2 is 2.00 bits per heavy atom. The second kappa shape index (κ2) is 6.44. The van der Waals surface area contributed by atoms with Crippen molar-refractivity contribution in [2.24, 2.45) is 5.92 Å². The standard InChI is InChI=1S/C14H15BrN4O2/c15-12-3-1-11(2-4-12)14-16-18-19(17-14)9-13(20)10-5-7-21-8-6-10/h1-4,10H,5-9H2. The molecule has 0 atom stereocenters. The number of carbonyl (C=O) groups is 1. The number of carbonyl (C=O) groups excluding carboxylic acids is 1. The molecule has 1 fully saturated rings. The summed E-state index contributed by atoms with van der Waals surface area (Å²) >= 11 is 3.38. The van der Waals surface area contributed by atoms with E-state index in [1.807, 2.05) is 24.3 Å². The quantitative estimate of drug-likeness (QED) is 0.844. The van der Waals surface area contributed by atoms with Crippen LogP contribution in [0.2, 0.25) is 0 Å². The van der Waals surface area contributed by atoms with Crippen LogP contribution < -0.4 is 0 Å². The third kappa shape index (κ3) is 3.54. The van der Waals surface area contributed by atoms with E-state index in [0.717, 1.165) is 22.9 Å². The fourth-order valence-corrected chi connectivity index (χ4v) is 2.58. The first kappa shape index (κ1) is 14.3. The summed E-state index contributed by atoms with van der Waals surface area (Å²) in [4.78, 5) is 13.5. The molecule has 0 amide bonds. The van der Waals surface area contributed by atoms with E-state index in [2.05, 4.69) is 31.3 Å². The van der Waals surface area contributed by atoms with Crippen LogP contribution >= 0.6 is 15.9 Å². The van der Waals surface area contributed by atoms with E-state index in [1.165, 1.54) is 4.80 Å². The highest BCUT2D eigenvalue weighted by Crippen LogP contribution is 2.18. The number of ketones is 1. The molecule has 1 aliphatic heterocycles. The summed E-state index contributed by atoms with van der Waals surface area (Å²) in [6, 6.07) is 7.66. The lowest BCUT2D eigenvalue weighted by atomic mass is 9.95. The van der Waals surface area contributed by atoms with Crippen molar-refractivity contribution < 1.29 is 9.53 Å². The highest BCUT2D eigenvalue weighted by molar-refractivity contribution is 9.10. The lowest BCUT2D eigenvalue weighted by Crippen LogP contribution is -2.27. The Balaban J connectivity index is 1.67. The van der Waals surface area contributed by atoms with Gasteiger partial charge in [-0.3, -0.25) is 4.79 Å². The van der Waals surface area contributed by atoms with Crippen molar-refractivity contribution in [3.05, 3.63) is 28.7 Å². The average Bonchev–Trinajstić information content (AvgIpc) is 2.97. The molecule has 7 heteroatoms. The van der Waals surface area contributed by atoms with Crippen molar-refractivity contribution in [1.29, 1.82) is 0 Å². The zero-order valence-corrected chi connectivity index (χ0v) is 13.0. The minimum absolute atomic E-state index is 0.0564. The van der Waals surface area contributed by atoms with E-state index in [9.17, 15) is 4.79 Å². The fraction of sp³-hybridized carbons (Fsp3) is 0.429. The van der Waals surface area contributed by atoms with Crippen LogP contribution in [-0.2, 0) is 16.1 Å². The van der Waals surface area contributed by atoms with Gasteiger partial charge in [0.05, 0.1) is 0 Å². The molecule has 0 N–H and O–H groups in total. The molecule has 0 bridgehead atoms. The minimum Gasteiger partial charge on any atom is -0.381 e. The molecule has 1 aromatic heterocycles. The summed E-state index contributed by atoms with van der Waals surface area (Å²) in [5, 5.41) is 12.2. The van der Waals surface area contributed by atoms with Crippen molar-refractivity contribution in [3.63, 3.8) is 0 Å². The number of tetrazole rings is 1. The highest BCUT2D eigenvalue weighted by Gasteiger charge is 2.22. The number of nitrogens with zero attached hydrogens (tertiary/aromatic N) is 4. The zero-order valence-electron chi connectivity index (χ0n) is 11.4. The van der Waals surface area contributed by atoms with E-state index in [0.29, 0.717) is 19.0 Å². The van der Waals surface area contributed by atoms with Crippen molar-refractivity contribution in [2.45, 2.75) is 19.4 Å². The Bertz CT molecular complexity index is 620. The van der Waals surface area contributed by atoms with Gasteiger partial charge in [0.15, 0.2) is 5.78 Å². The number of halogens is 1. The fourth-order valence-electron chi connectivity index (χ4n) is 2.31. The van der Waals surface area contributed by atoms with Crippen LogP contribution in [0.4, 0.5) is 0 Å². The molecular formula is C14H15BrN4O2. The largest absolute Gasteiger partial charge is 0.381 e. The smallest absolute Gasteiger partial charge is 0.204 e. The van der Waals surface area contributed by atoms with Crippen LogP contribution in [0.25, 0.3) is 11.4 Å². The molecule has 0 spiro atoms. The predicted molar refractivity (Wildman–Crippen MR) is 79.5 cm³/mol. The Morgan fingerprint density at radius 1 is 1.29 bits per heavy atom. The molecule has 2 heterocycles. The van der Waals surface area contributed by atoms with E-state index >= 15 is 0 Å². The van der Waals surface area contributed by atoms with E-state index in [-0.39, 0.29) is 18.2 Å². The predicted octanol–water partition coefficient (Wildman–Crippen LogP) is 2.10. The lowest BCUT2D eigenvalue weighted by Gasteiger charge is -2.20. The summed E-state index contributed by atoms with van der Waals surface area (Å²) in [7, 11) is 0. The number of hydrogen-bond donors (Lipinski definition) is 0. The maximum atomic E-state index is 12.2. The third-order valence-electron chi connectivity index (χ3n) is 3.53. The Morgan fingerprint density at radius 3 is 2.71 bits per heavy atom.